The fourth-order valence-electron chi connectivity index (χ4n) is 2.25. The predicted octanol–water partition coefficient (Wildman–Crippen LogP) is 4.46. The van der Waals surface area contributed by atoms with Crippen molar-refractivity contribution < 1.29 is 18.4 Å². The Bertz CT molecular complexity index is 908. The SMILES string of the molecule is COC(=O)c1cc2c(C)onc2c(F)c1Nc1ccccc1Cl. The topological polar surface area (TPSA) is 64.4 Å². The Balaban J connectivity index is 2.23. The normalized spacial score (nSPS) is 10.8. The molecule has 0 saturated carbocycles. The zero-order chi connectivity index (χ0) is 16.6. The molecule has 7 heteroatoms. The minimum absolute atomic E-state index is 0.0312. The summed E-state index contributed by atoms with van der Waals surface area (Å²) in [6.45, 7) is 1.64. The lowest BCUT2D eigenvalue weighted by Crippen LogP contribution is -2.08. The van der Waals surface area contributed by atoms with E-state index in [1.807, 2.05) is 0 Å². The number of anilines is 2. The van der Waals surface area contributed by atoms with E-state index >= 15 is 0 Å². The molecule has 0 aliphatic carbocycles. The summed E-state index contributed by atoms with van der Waals surface area (Å²) in [6, 6.07) is 8.28. The van der Waals surface area contributed by atoms with Crippen molar-refractivity contribution in [2.45, 2.75) is 6.92 Å². The van der Waals surface area contributed by atoms with Gasteiger partial charge in [0, 0.05) is 5.39 Å². The summed E-state index contributed by atoms with van der Waals surface area (Å²) in [5.41, 5.74) is 0.456. The molecule has 0 fully saturated rings. The van der Waals surface area contributed by atoms with E-state index < -0.39 is 11.8 Å². The molecule has 23 heavy (non-hydrogen) atoms. The number of aryl methyl sites for hydroxylation is 1. The molecule has 0 unspecified atom stereocenters. The number of halogens is 2. The number of benzene rings is 2. The van der Waals surface area contributed by atoms with Gasteiger partial charge < -0.3 is 14.6 Å². The minimum Gasteiger partial charge on any atom is -0.465 e. The van der Waals surface area contributed by atoms with Gasteiger partial charge in [0.15, 0.2) is 11.3 Å². The van der Waals surface area contributed by atoms with Gasteiger partial charge in [0.25, 0.3) is 0 Å². The van der Waals surface area contributed by atoms with Crippen molar-refractivity contribution in [2.75, 3.05) is 12.4 Å². The number of nitrogens with zero attached hydrogens (tertiary/aromatic N) is 1. The van der Waals surface area contributed by atoms with Gasteiger partial charge in [0.1, 0.15) is 5.76 Å². The fraction of sp³-hybridized carbons (Fsp3) is 0.125. The van der Waals surface area contributed by atoms with Crippen LogP contribution in [0.3, 0.4) is 0 Å². The van der Waals surface area contributed by atoms with Crippen LogP contribution in [0, 0.1) is 12.7 Å². The van der Waals surface area contributed by atoms with Gasteiger partial charge in [-0.3, -0.25) is 0 Å². The quantitative estimate of drug-likeness (QED) is 0.716. The average molecular weight is 335 g/mol. The highest BCUT2D eigenvalue weighted by atomic mass is 35.5. The molecule has 5 nitrogen and oxygen atoms in total. The monoisotopic (exact) mass is 334 g/mol. The van der Waals surface area contributed by atoms with Crippen molar-refractivity contribution in [1.29, 1.82) is 0 Å². The average Bonchev–Trinajstić information content (AvgIpc) is 2.92. The largest absolute Gasteiger partial charge is 0.465 e. The predicted molar refractivity (Wildman–Crippen MR) is 84.8 cm³/mol. The van der Waals surface area contributed by atoms with Crippen LogP contribution in [-0.4, -0.2) is 18.2 Å². The third-order valence-corrected chi connectivity index (χ3v) is 3.76. The highest BCUT2D eigenvalue weighted by Gasteiger charge is 2.23. The molecule has 1 aromatic heterocycles. The van der Waals surface area contributed by atoms with Crippen LogP contribution in [0.5, 0.6) is 0 Å². The highest BCUT2D eigenvalue weighted by molar-refractivity contribution is 6.33. The number of rotatable bonds is 3. The van der Waals surface area contributed by atoms with E-state index in [1.54, 1.807) is 31.2 Å². The van der Waals surface area contributed by atoms with Gasteiger partial charge in [0.2, 0.25) is 0 Å². The number of para-hydroxylation sites is 1. The van der Waals surface area contributed by atoms with Crippen LogP contribution in [0.4, 0.5) is 15.8 Å². The van der Waals surface area contributed by atoms with E-state index in [0.717, 1.165) is 0 Å². The first-order valence-electron chi connectivity index (χ1n) is 6.71. The zero-order valence-corrected chi connectivity index (χ0v) is 13.1. The zero-order valence-electron chi connectivity index (χ0n) is 12.3. The fourth-order valence-corrected chi connectivity index (χ4v) is 2.43. The van der Waals surface area contributed by atoms with Crippen LogP contribution in [0.2, 0.25) is 5.02 Å². The Hall–Kier alpha value is -2.60. The summed E-state index contributed by atoms with van der Waals surface area (Å²) in [5, 5.41) is 7.33. The molecule has 0 spiro atoms. The molecule has 0 bridgehead atoms. The third-order valence-electron chi connectivity index (χ3n) is 3.43. The molecule has 3 aromatic rings. The van der Waals surface area contributed by atoms with Gasteiger partial charge in [-0.2, -0.15) is 0 Å². The lowest BCUT2D eigenvalue weighted by Gasteiger charge is -2.13. The van der Waals surface area contributed by atoms with Gasteiger partial charge in [-0.25, -0.2) is 9.18 Å². The van der Waals surface area contributed by atoms with Gasteiger partial charge in [-0.05, 0) is 25.1 Å². The third kappa shape index (κ3) is 2.61. The summed E-state index contributed by atoms with van der Waals surface area (Å²) in [4.78, 5) is 12.0. The number of fused-ring (bicyclic) bond motifs is 1. The van der Waals surface area contributed by atoms with E-state index in [0.29, 0.717) is 21.9 Å². The summed E-state index contributed by atoms with van der Waals surface area (Å²) < 4.78 is 24.6. The van der Waals surface area contributed by atoms with E-state index in [1.165, 1.54) is 13.2 Å². The number of carbonyl (C=O) groups excluding carboxylic acids is 1. The Morgan fingerprint density at radius 2 is 2.13 bits per heavy atom. The van der Waals surface area contributed by atoms with Crippen LogP contribution in [0.15, 0.2) is 34.9 Å². The number of carbonyl (C=O) groups is 1. The highest BCUT2D eigenvalue weighted by Crippen LogP contribution is 2.34. The number of nitrogens with one attached hydrogen (secondary N) is 1. The lowest BCUT2D eigenvalue weighted by molar-refractivity contribution is 0.0601. The minimum atomic E-state index is -0.709. The van der Waals surface area contributed by atoms with Gasteiger partial charge >= 0.3 is 5.97 Å². The van der Waals surface area contributed by atoms with Crippen LogP contribution >= 0.6 is 11.6 Å². The maximum Gasteiger partial charge on any atom is 0.340 e. The first-order valence-corrected chi connectivity index (χ1v) is 7.09. The van der Waals surface area contributed by atoms with Crippen molar-refractivity contribution in [3.63, 3.8) is 0 Å². The van der Waals surface area contributed by atoms with Crippen LogP contribution < -0.4 is 5.32 Å². The van der Waals surface area contributed by atoms with E-state index in [9.17, 15) is 9.18 Å². The van der Waals surface area contributed by atoms with E-state index in [-0.39, 0.29) is 16.8 Å². The number of aromatic nitrogens is 1. The number of hydrogen-bond acceptors (Lipinski definition) is 5. The smallest absolute Gasteiger partial charge is 0.340 e. The summed E-state index contributed by atoms with van der Waals surface area (Å²) in [5.74, 6) is -0.978. The van der Waals surface area contributed by atoms with Crippen molar-refractivity contribution in [3.05, 3.63) is 52.5 Å². The van der Waals surface area contributed by atoms with Crippen molar-refractivity contribution in [3.8, 4) is 0 Å². The standard InChI is InChI=1S/C16H12ClFN2O3/c1-8-9-7-10(16(21)22-2)14(13(18)15(9)20-23-8)19-12-6-4-3-5-11(12)17/h3-7,19H,1-2H3. The Labute approximate surface area is 136 Å². The molecule has 3 rings (SSSR count). The molecule has 0 aliphatic heterocycles. The Morgan fingerprint density at radius 3 is 2.83 bits per heavy atom. The molecule has 0 saturated heterocycles. The van der Waals surface area contributed by atoms with Gasteiger partial charge in [-0.15, -0.1) is 0 Å². The first-order chi connectivity index (χ1) is 11.0. The molecule has 118 valence electrons. The van der Waals surface area contributed by atoms with Crippen molar-refractivity contribution in [1.82, 2.24) is 5.16 Å². The molecular formula is C16H12ClFN2O3. The second kappa shape index (κ2) is 5.89. The number of methoxy groups -OCH3 is 1. The number of esters is 1. The summed E-state index contributed by atoms with van der Waals surface area (Å²) in [7, 11) is 1.23. The summed E-state index contributed by atoms with van der Waals surface area (Å²) in [6.07, 6.45) is 0. The number of ether oxygens (including phenoxy) is 1. The van der Waals surface area contributed by atoms with Gasteiger partial charge in [0.05, 0.1) is 29.1 Å². The van der Waals surface area contributed by atoms with E-state index in [4.69, 9.17) is 20.9 Å². The molecule has 2 aromatic carbocycles. The molecule has 0 atom stereocenters. The molecule has 0 radical (unpaired) electrons. The maximum absolute atomic E-state index is 14.8. The molecule has 0 amide bonds. The molecule has 1 heterocycles. The Kier molecular flexibility index (Phi) is 3.92. The second-order valence-corrected chi connectivity index (χ2v) is 5.25. The van der Waals surface area contributed by atoms with E-state index in [2.05, 4.69) is 10.5 Å². The van der Waals surface area contributed by atoms with Crippen molar-refractivity contribution >= 4 is 39.8 Å². The van der Waals surface area contributed by atoms with Gasteiger partial charge in [-0.1, -0.05) is 28.9 Å². The lowest BCUT2D eigenvalue weighted by atomic mass is 10.1. The second-order valence-electron chi connectivity index (χ2n) is 4.84. The summed E-state index contributed by atoms with van der Waals surface area (Å²) >= 11 is 6.08. The van der Waals surface area contributed by atoms with Crippen LogP contribution in [0.1, 0.15) is 16.1 Å². The van der Waals surface area contributed by atoms with Crippen LogP contribution in [0.25, 0.3) is 10.9 Å². The molecule has 1 N–H and O–H groups in total. The van der Waals surface area contributed by atoms with Crippen LogP contribution in [-0.2, 0) is 4.74 Å². The maximum atomic E-state index is 14.8. The first kappa shape index (κ1) is 15.3. The number of hydrogen-bond donors (Lipinski definition) is 1. The Morgan fingerprint density at radius 1 is 1.39 bits per heavy atom. The molecular weight excluding hydrogens is 323 g/mol. The molecule has 0 aliphatic rings. The van der Waals surface area contributed by atoms with Crippen molar-refractivity contribution in [2.24, 2.45) is 0 Å².